The molecule has 0 spiro atoms. The Labute approximate surface area is 162 Å². The fourth-order valence-electron chi connectivity index (χ4n) is 3.57. The van der Waals surface area contributed by atoms with Gasteiger partial charge in [-0.15, -0.1) is 0 Å². The Kier molecular flexibility index (Phi) is 4.76. The summed E-state index contributed by atoms with van der Waals surface area (Å²) in [6.07, 6.45) is 3.19. The van der Waals surface area contributed by atoms with Gasteiger partial charge in [-0.2, -0.15) is 0 Å². The molecule has 2 amide bonds. The van der Waals surface area contributed by atoms with Crippen LogP contribution in [0.15, 0.2) is 78.0 Å². The monoisotopic (exact) mass is 373 g/mol. The maximum absolute atomic E-state index is 13.0. The molecule has 0 unspecified atom stereocenters. The SMILES string of the molecule is C=CC(=O)N[C@@H]1c2ccccc2C[C@H]1NC(=O)c1conc1-c1ccccc1. The number of nitrogens with zero attached hydrogens (tertiary/aromatic N) is 1. The van der Waals surface area contributed by atoms with E-state index in [-0.39, 0.29) is 23.9 Å². The van der Waals surface area contributed by atoms with E-state index in [1.54, 1.807) is 0 Å². The van der Waals surface area contributed by atoms with Crippen LogP contribution in [0.3, 0.4) is 0 Å². The van der Waals surface area contributed by atoms with Gasteiger partial charge in [0.15, 0.2) is 0 Å². The highest BCUT2D eigenvalue weighted by atomic mass is 16.5. The van der Waals surface area contributed by atoms with Crippen LogP contribution in [-0.2, 0) is 11.2 Å². The van der Waals surface area contributed by atoms with Crippen molar-refractivity contribution in [2.75, 3.05) is 0 Å². The number of rotatable bonds is 5. The lowest BCUT2D eigenvalue weighted by Crippen LogP contribution is -2.44. The third-order valence-electron chi connectivity index (χ3n) is 4.89. The van der Waals surface area contributed by atoms with Gasteiger partial charge in [0.2, 0.25) is 5.91 Å². The summed E-state index contributed by atoms with van der Waals surface area (Å²) >= 11 is 0. The number of fused-ring (bicyclic) bond motifs is 1. The summed E-state index contributed by atoms with van der Waals surface area (Å²) < 4.78 is 5.06. The minimum Gasteiger partial charge on any atom is -0.363 e. The Morgan fingerprint density at radius 1 is 1.07 bits per heavy atom. The molecule has 2 atom stereocenters. The Hall–Kier alpha value is -3.67. The van der Waals surface area contributed by atoms with E-state index in [0.717, 1.165) is 16.7 Å². The van der Waals surface area contributed by atoms with E-state index in [0.29, 0.717) is 17.7 Å². The quantitative estimate of drug-likeness (QED) is 0.674. The lowest BCUT2D eigenvalue weighted by Gasteiger charge is -2.22. The molecule has 3 aromatic rings. The van der Waals surface area contributed by atoms with Crippen LogP contribution < -0.4 is 10.6 Å². The van der Waals surface area contributed by atoms with Crippen LogP contribution in [0, 0.1) is 0 Å². The molecule has 1 aliphatic carbocycles. The van der Waals surface area contributed by atoms with E-state index in [1.807, 2.05) is 54.6 Å². The first kappa shape index (κ1) is 17.7. The molecular formula is C22H19N3O3. The molecule has 0 aliphatic heterocycles. The minimum absolute atomic E-state index is 0.282. The number of aromatic nitrogens is 1. The van der Waals surface area contributed by atoms with Crippen molar-refractivity contribution in [3.8, 4) is 11.3 Å². The van der Waals surface area contributed by atoms with Gasteiger partial charge < -0.3 is 15.2 Å². The zero-order valence-electron chi connectivity index (χ0n) is 15.1. The molecule has 28 heavy (non-hydrogen) atoms. The van der Waals surface area contributed by atoms with E-state index in [4.69, 9.17) is 4.52 Å². The van der Waals surface area contributed by atoms with Crippen molar-refractivity contribution >= 4 is 11.8 Å². The van der Waals surface area contributed by atoms with Gasteiger partial charge in [0.25, 0.3) is 5.91 Å². The van der Waals surface area contributed by atoms with Crippen LogP contribution in [0.25, 0.3) is 11.3 Å². The highest BCUT2D eigenvalue weighted by molar-refractivity contribution is 5.99. The molecule has 6 heteroatoms. The molecule has 0 fully saturated rings. The van der Waals surface area contributed by atoms with E-state index in [1.165, 1.54) is 12.3 Å². The van der Waals surface area contributed by atoms with Crippen molar-refractivity contribution < 1.29 is 14.1 Å². The molecule has 1 aromatic heterocycles. The van der Waals surface area contributed by atoms with Crippen molar-refractivity contribution in [2.45, 2.75) is 18.5 Å². The molecule has 140 valence electrons. The predicted molar refractivity (Wildman–Crippen MR) is 104 cm³/mol. The second kappa shape index (κ2) is 7.52. The maximum atomic E-state index is 13.0. The number of hydrogen-bond donors (Lipinski definition) is 2. The summed E-state index contributed by atoms with van der Waals surface area (Å²) in [7, 11) is 0. The molecule has 1 aliphatic rings. The number of amides is 2. The van der Waals surface area contributed by atoms with Gasteiger partial charge in [-0.1, -0.05) is 66.3 Å². The van der Waals surface area contributed by atoms with Crippen molar-refractivity contribution in [1.29, 1.82) is 0 Å². The Morgan fingerprint density at radius 3 is 2.61 bits per heavy atom. The molecule has 0 saturated carbocycles. The molecule has 0 radical (unpaired) electrons. The van der Waals surface area contributed by atoms with Gasteiger partial charge in [-0.3, -0.25) is 9.59 Å². The van der Waals surface area contributed by atoms with Gasteiger partial charge in [0, 0.05) is 5.56 Å². The first-order valence-corrected chi connectivity index (χ1v) is 8.98. The highest BCUT2D eigenvalue weighted by Crippen LogP contribution is 2.32. The van der Waals surface area contributed by atoms with Crippen LogP contribution in [0.1, 0.15) is 27.5 Å². The van der Waals surface area contributed by atoms with E-state index >= 15 is 0 Å². The summed E-state index contributed by atoms with van der Waals surface area (Å²) in [5.74, 6) is -0.577. The normalized spacial score (nSPS) is 17.6. The van der Waals surface area contributed by atoms with E-state index in [2.05, 4.69) is 22.4 Å². The van der Waals surface area contributed by atoms with Crippen molar-refractivity contribution in [1.82, 2.24) is 15.8 Å². The molecule has 2 aromatic carbocycles. The highest BCUT2D eigenvalue weighted by Gasteiger charge is 2.35. The van der Waals surface area contributed by atoms with Crippen LogP contribution in [0.2, 0.25) is 0 Å². The van der Waals surface area contributed by atoms with Crippen molar-refractivity contribution in [3.05, 3.63) is 90.2 Å². The Balaban J connectivity index is 1.59. The van der Waals surface area contributed by atoms with Crippen molar-refractivity contribution in [2.24, 2.45) is 0 Å². The zero-order chi connectivity index (χ0) is 19.5. The van der Waals surface area contributed by atoms with Crippen LogP contribution >= 0.6 is 0 Å². The summed E-state index contributed by atoms with van der Waals surface area (Å²) in [5, 5.41) is 9.93. The molecule has 2 N–H and O–H groups in total. The van der Waals surface area contributed by atoms with Crippen molar-refractivity contribution in [3.63, 3.8) is 0 Å². The van der Waals surface area contributed by atoms with E-state index < -0.39 is 0 Å². The second-order valence-corrected chi connectivity index (χ2v) is 6.62. The molecule has 4 rings (SSSR count). The fraction of sp³-hybridized carbons (Fsp3) is 0.136. The van der Waals surface area contributed by atoms with Crippen LogP contribution in [0.4, 0.5) is 0 Å². The predicted octanol–water partition coefficient (Wildman–Crippen LogP) is 3.04. The molecule has 0 saturated heterocycles. The lowest BCUT2D eigenvalue weighted by molar-refractivity contribution is -0.117. The number of hydrogen-bond acceptors (Lipinski definition) is 4. The summed E-state index contributed by atoms with van der Waals surface area (Å²) in [4.78, 5) is 24.9. The maximum Gasteiger partial charge on any atom is 0.257 e. The van der Waals surface area contributed by atoms with Crippen LogP contribution in [0.5, 0.6) is 0 Å². The Bertz CT molecular complexity index is 1030. The first-order valence-electron chi connectivity index (χ1n) is 8.98. The topological polar surface area (TPSA) is 84.2 Å². The molecule has 6 nitrogen and oxygen atoms in total. The van der Waals surface area contributed by atoms with E-state index in [9.17, 15) is 9.59 Å². The largest absolute Gasteiger partial charge is 0.363 e. The molecule has 0 bridgehead atoms. The van der Waals surface area contributed by atoms with Gasteiger partial charge in [-0.05, 0) is 23.6 Å². The van der Waals surface area contributed by atoms with Gasteiger partial charge >= 0.3 is 0 Å². The summed E-state index contributed by atoms with van der Waals surface area (Å²) in [5.41, 5.74) is 3.73. The molecule has 1 heterocycles. The molecular weight excluding hydrogens is 354 g/mol. The third-order valence-corrected chi connectivity index (χ3v) is 4.89. The van der Waals surface area contributed by atoms with Crippen LogP contribution in [-0.4, -0.2) is 23.0 Å². The standard InChI is InChI=1S/C22H19N3O3/c1-2-19(26)24-21-16-11-7-6-10-15(16)12-18(21)23-22(27)17-13-28-25-20(17)14-8-4-3-5-9-14/h2-11,13,18,21H,1,12H2,(H,23,27)(H,24,26)/t18-,21-/m1/s1. The smallest absolute Gasteiger partial charge is 0.257 e. The lowest BCUT2D eigenvalue weighted by atomic mass is 10.1. The number of carbonyl (C=O) groups excluding carboxylic acids is 2. The second-order valence-electron chi connectivity index (χ2n) is 6.62. The number of nitrogens with one attached hydrogen (secondary N) is 2. The van der Waals surface area contributed by atoms with Gasteiger partial charge in [-0.25, -0.2) is 0 Å². The Morgan fingerprint density at radius 2 is 1.82 bits per heavy atom. The zero-order valence-corrected chi connectivity index (χ0v) is 15.1. The number of benzene rings is 2. The van der Waals surface area contributed by atoms with Gasteiger partial charge in [0.1, 0.15) is 17.5 Å². The fourth-order valence-corrected chi connectivity index (χ4v) is 3.57. The third kappa shape index (κ3) is 3.32. The minimum atomic E-state index is -0.328. The number of carbonyl (C=O) groups is 2. The first-order chi connectivity index (χ1) is 13.7. The van der Waals surface area contributed by atoms with Gasteiger partial charge in [0.05, 0.1) is 12.1 Å². The summed E-state index contributed by atoms with van der Waals surface area (Å²) in [6.45, 7) is 3.51. The average Bonchev–Trinajstić information content (AvgIpc) is 3.34. The summed E-state index contributed by atoms with van der Waals surface area (Å²) in [6, 6.07) is 16.6. The average molecular weight is 373 g/mol.